The van der Waals surface area contributed by atoms with Crippen molar-refractivity contribution in [3.05, 3.63) is 57.6 Å². The molecule has 7 nitrogen and oxygen atoms in total. The van der Waals surface area contributed by atoms with Crippen LogP contribution >= 0.6 is 11.6 Å². The summed E-state index contributed by atoms with van der Waals surface area (Å²) in [7, 11) is -2.45. The maximum Gasteiger partial charge on any atom is 0.271 e. The lowest BCUT2D eigenvalue weighted by molar-refractivity contribution is -0.384. The number of ether oxygens (including phenoxy) is 1. The van der Waals surface area contributed by atoms with Crippen molar-refractivity contribution < 1.29 is 18.1 Å². The molecule has 0 spiro atoms. The van der Waals surface area contributed by atoms with Crippen LogP contribution in [-0.2, 0) is 10.0 Å². The van der Waals surface area contributed by atoms with Gasteiger partial charge in [-0.05, 0) is 30.3 Å². The highest BCUT2D eigenvalue weighted by Crippen LogP contribution is 2.29. The van der Waals surface area contributed by atoms with Crippen LogP contribution < -0.4 is 9.46 Å². The summed E-state index contributed by atoms with van der Waals surface area (Å²) >= 11 is 5.87. The molecule has 0 aliphatic heterocycles. The summed E-state index contributed by atoms with van der Waals surface area (Å²) in [5.74, 6) is 0.507. The molecule has 0 heterocycles. The lowest BCUT2D eigenvalue weighted by Gasteiger charge is -2.10. The van der Waals surface area contributed by atoms with E-state index in [4.69, 9.17) is 16.3 Å². The molecule has 2 aromatic rings. The third-order valence-corrected chi connectivity index (χ3v) is 4.49. The van der Waals surface area contributed by atoms with Gasteiger partial charge in [-0.1, -0.05) is 11.6 Å². The fourth-order valence-electron chi connectivity index (χ4n) is 1.66. The number of nitrogens with zero attached hydrogens (tertiary/aromatic N) is 1. The molecular weight excluding hydrogens is 332 g/mol. The Bertz CT molecular complexity index is 806. The lowest BCUT2D eigenvalue weighted by Crippen LogP contribution is -2.13. The second-order valence-corrected chi connectivity index (χ2v) is 6.29. The van der Waals surface area contributed by atoms with Gasteiger partial charge < -0.3 is 4.74 Å². The summed E-state index contributed by atoms with van der Waals surface area (Å²) < 4.78 is 31.7. The third kappa shape index (κ3) is 3.46. The third-order valence-electron chi connectivity index (χ3n) is 2.77. The second-order valence-electron chi connectivity index (χ2n) is 4.20. The highest BCUT2D eigenvalue weighted by molar-refractivity contribution is 7.92. The van der Waals surface area contributed by atoms with Crippen LogP contribution in [0.2, 0.25) is 5.02 Å². The normalized spacial score (nSPS) is 11.0. The molecule has 0 unspecified atom stereocenters. The Labute approximate surface area is 131 Å². The zero-order chi connectivity index (χ0) is 16.3. The number of hydrogen-bond donors (Lipinski definition) is 1. The van der Waals surface area contributed by atoms with Crippen LogP contribution in [0.15, 0.2) is 47.4 Å². The number of benzene rings is 2. The fraction of sp³-hybridized carbons (Fsp3) is 0.0769. The van der Waals surface area contributed by atoms with Crippen molar-refractivity contribution in [1.29, 1.82) is 0 Å². The zero-order valence-corrected chi connectivity index (χ0v) is 12.9. The Balaban J connectivity index is 2.35. The molecule has 2 aromatic carbocycles. The maximum atomic E-state index is 12.3. The van der Waals surface area contributed by atoms with Gasteiger partial charge in [0, 0.05) is 12.1 Å². The van der Waals surface area contributed by atoms with Gasteiger partial charge in [0.1, 0.15) is 5.75 Å². The smallest absolute Gasteiger partial charge is 0.271 e. The number of rotatable bonds is 5. The Morgan fingerprint density at radius 2 is 1.82 bits per heavy atom. The molecule has 22 heavy (non-hydrogen) atoms. The molecule has 0 amide bonds. The van der Waals surface area contributed by atoms with Gasteiger partial charge in [-0.2, -0.15) is 0 Å². The Morgan fingerprint density at radius 3 is 2.36 bits per heavy atom. The predicted molar refractivity (Wildman–Crippen MR) is 81.9 cm³/mol. The number of non-ortho nitro benzene ring substituents is 1. The molecule has 0 radical (unpaired) electrons. The van der Waals surface area contributed by atoms with Gasteiger partial charge in [-0.25, -0.2) is 8.42 Å². The van der Waals surface area contributed by atoms with Crippen LogP contribution in [0.5, 0.6) is 5.75 Å². The van der Waals surface area contributed by atoms with E-state index in [-0.39, 0.29) is 21.3 Å². The average molecular weight is 343 g/mol. The van der Waals surface area contributed by atoms with Gasteiger partial charge in [0.25, 0.3) is 15.7 Å². The summed E-state index contributed by atoms with van der Waals surface area (Å²) in [6, 6.07) is 9.19. The summed E-state index contributed by atoms with van der Waals surface area (Å²) in [6.07, 6.45) is 0. The number of halogens is 1. The van der Waals surface area contributed by atoms with Gasteiger partial charge in [-0.15, -0.1) is 0 Å². The van der Waals surface area contributed by atoms with E-state index in [1.54, 1.807) is 0 Å². The van der Waals surface area contributed by atoms with Crippen molar-refractivity contribution in [3.63, 3.8) is 0 Å². The quantitative estimate of drug-likeness (QED) is 0.665. The van der Waals surface area contributed by atoms with Crippen LogP contribution in [-0.4, -0.2) is 20.5 Å². The minimum Gasteiger partial charge on any atom is -0.497 e. The number of nitro groups is 1. The van der Waals surface area contributed by atoms with Crippen LogP contribution in [0.4, 0.5) is 11.4 Å². The molecule has 0 saturated heterocycles. The molecule has 9 heteroatoms. The molecule has 116 valence electrons. The van der Waals surface area contributed by atoms with E-state index in [1.807, 2.05) is 0 Å². The van der Waals surface area contributed by atoms with Crippen LogP contribution in [0.25, 0.3) is 0 Å². The molecule has 0 fully saturated rings. The second kappa shape index (κ2) is 6.20. The predicted octanol–water partition coefficient (Wildman–Crippen LogP) is 3.06. The highest BCUT2D eigenvalue weighted by atomic mass is 35.5. The monoisotopic (exact) mass is 342 g/mol. The first kappa shape index (κ1) is 16.1. The van der Waals surface area contributed by atoms with Gasteiger partial charge in [-0.3, -0.25) is 14.8 Å². The zero-order valence-electron chi connectivity index (χ0n) is 11.3. The van der Waals surface area contributed by atoms with Crippen molar-refractivity contribution in [1.82, 2.24) is 0 Å². The van der Waals surface area contributed by atoms with Crippen molar-refractivity contribution in [2.75, 3.05) is 11.8 Å². The topological polar surface area (TPSA) is 98.5 Å². The lowest BCUT2D eigenvalue weighted by atomic mass is 10.3. The Morgan fingerprint density at radius 1 is 1.18 bits per heavy atom. The highest BCUT2D eigenvalue weighted by Gasteiger charge is 2.18. The van der Waals surface area contributed by atoms with E-state index >= 15 is 0 Å². The molecule has 0 aliphatic carbocycles. The fourth-order valence-corrected chi connectivity index (χ4v) is 2.96. The molecule has 1 N–H and O–H groups in total. The molecule has 0 bridgehead atoms. The number of sulfonamides is 1. The van der Waals surface area contributed by atoms with Crippen LogP contribution in [0.3, 0.4) is 0 Å². The summed E-state index contributed by atoms with van der Waals surface area (Å²) in [6.45, 7) is 0. The van der Waals surface area contributed by atoms with Gasteiger partial charge >= 0.3 is 0 Å². The summed E-state index contributed by atoms with van der Waals surface area (Å²) in [5, 5.41) is 10.8. The number of nitro benzene ring substituents is 1. The van der Waals surface area contributed by atoms with E-state index < -0.39 is 14.9 Å². The van der Waals surface area contributed by atoms with E-state index in [9.17, 15) is 18.5 Å². The van der Waals surface area contributed by atoms with Crippen molar-refractivity contribution >= 4 is 33.0 Å². The first-order valence-corrected chi connectivity index (χ1v) is 7.80. The molecule has 0 aliphatic rings. The Kier molecular flexibility index (Phi) is 4.53. The van der Waals surface area contributed by atoms with E-state index in [0.29, 0.717) is 5.75 Å². The summed E-state index contributed by atoms with van der Waals surface area (Å²) in [5.41, 5.74) is -0.330. The summed E-state index contributed by atoms with van der Waals surface area (Å²) in [4.78, 5) is 10.1. The van der Waals surface area contributed by atoms with Gasteiger partial charge in [0.05, 0.1) is 27.6 Å². The molecular formula is C13H11ClN2O5S. The average Bonchev–Trinajstić information content (AvgIpc) is 2.49. The maximum absolute atomic E-state index is 12.3. The largest absolute Gasteiger partial charge is 0.497 e. The van der Waals surface area contributed by atoms with E-state index in [0.717, 1.165) is 6.07 Å². The first-order chi connectivity index (χ1) is 10.3. The molecule has 2 rings (SSSR count). The number of hydrogen-bond acceptors (Lipinski definition) is 5. The molecule has 0 saturated carbocycles. The molecule has 0 atom stereocenters. The Hall–Kier alpha value is -2.32. The number of nitrogens with one attached hydrogen (secondary N) is 1. The van der Waals surface area contributed by atoms with Crippen molar-refractivity contribution in [2.45, 2.75) is 4.90 Å². The molecule has 0 aromatic heterocycles. The van der Waals surface area contributed by atoms with Crippen LogP contribution in [0.1, 0.15) is 0 Å². The van der Waals surface area contributed by atoms with Gasteiger partial charge in [0.15, 0.2) is 0 Å². The SMILES string of the molecule is COc1ccc(S(=O)(=O)Nc2cc([N+](=O)[O-])ccc2Cl)cc1. The van der Waals surface area contributed by atoms with Crippen LogP contribution in [0, 0.1) is 10.1 Å². The number of methoxy groups -OCH3 is 1. The minimum absolute atomic E-state index is 0.0177. The standard InChI is InChI=1S/C13H11ClN2O5S/c1-21-10-3-5-11(6-4-10)22(19,20)15-13-8-9(16(17)18)2-7-12(13)14/h2-8,15H,1H3. The minimum atomic E-state index is -3.92. The van der Waals surface area contributed by atoms with Crippen molar-refractivity contribution in [3.8, 4) is 5.75 Å². The number of anilines is 1. The van der Waals surface area contributed by atoms with Crippen molar-refractivity contribution in [2.24, 2.45) is 0 Å². The van der Waals surface area contributed by atoms with E-state index in [2.05, 4.69) is 4.72 Å². The first-order valence-electron chi connectivity index (χ1n) is 5.94. The van der Waals surface area contributed by atoms with Gasteiger partial charge in [0.2, 0.25) is 0 Å². The van der Waals surface area contributed by atoms with E-state index in [1.165, 1.54) is 43.5 Å².